The van der Waals surface area contributed by atoms with E-state index in [9.17, 15) is 14.4 Å². The highest BCUT2D eigenvalue weighted by atomic mass is 32.1. The number of fused-ring (bicyclic) bond motifs is 1. The minimum atomic E-state index is -0.353. The van der Waals surface area contributed by atoms with E-state index in [2.05, 4.69) is 56.8 Å². The number of hydrogen-bond donors (Lipinski definition) is 2. The predicted octanol–water partition coefficient (Wildman–Crippen LogP) is 4.20. The van der Waals surface area contributed by atoms with Crippen molar-refractivity contribution in [1.82, 2.24) is 44.8 Å². The molecule has 1 saturated heterocycles. The van der Waals surface area contributed by atoms with Crippen LogP contribution in [0.1, 0.15) is 73.0 Å². The molecule has 5 heterocycles. The fraction of sp³-hybridized carbons (Fsp3) is 0.421. The molecular weight excluding hydrogens is 707 g/mol. The van der Waals surface area contributed by atoms with Crippen LogP contribution in [0.2, 0.25) is 0 Å². The van der Waals surface area contributed by atoms with Crippen molar-refractivity contribution < 1.29 is 14.3 Å². The van der Waals surface area contributed by atoms with Crippen LogP contribution >= 0.6 is 11.3 Å². The molecule has 0 aliphatic carbocycles. The SMILES string of the molecule is COc1ccc(Cn2nnnc2/C=C/c2c(N3CCCC(CC(=O)NCCN(C)C)C3)nc3cc(C(=O)Nc4nc(C(C)(C)C)cs4)ccn3c2=O)cc1. The van der Waals surface area contributed by atoms with Gasteiger partial charge in [-0.25, -0.2) is 14.6 Å². The number of hydrogen-bond acceptors (Lipinski definition) is 12. The van der Waals surface area contributed by atoms with Crippen LogP contribution < -0.4 is 25.8 Å². The van der Waals surface area contributed by atoms with Gasteiger partial charge >= 0.3 is 0 Å². The van der Waals surface area contributed by atoms with Gasteiger partial charge in [0.15, 0.2) is 11.0 Å². The maximum atomic E-state index is 14.3. The normalized spacial score (nSPS) is 14.9. The molecule has 0 spiro atoms. The first kappa shape index (κ1) is 38.3. The van der Waals surface area contributed by atoms with E-state index in [4.69, 9.17) is 9.72 Å². The number of tetrazole rings is 1. The molecule has 4 aromatic heterocycles. The number of nitrogens with zero attached hydrogens (tertiary/aromatic N) is 9. The molecule has 1 aliphatic heterocycles. The van der Waals surface area contributed by atoms with Crippen LogP contribution in [0, 0.1) is 5.92 Å². The summed E-state index contributed by atoms with van der Waals surface area (Å²) in [6, 6.07) is 10.8. The lowest BCUT2D eigenvalue weighted by molar-refractivity contribution is -0.122. The number of benzene rings is 1. The van der Waals surface area contributed by atoms with Crippen molar-refractivity contribution in [2.45, 2.75) is 52.0 Å². The third-order valence-electron chi connectivity index (χ3n) is 9.22. The number of aromatic nitrogens is 7. The zero-order valence-corrected chi connectivity index (χ0v) is 32.4. The number of likely N-dealkylation sites (N-methyl/N-ethyl adjacent to an activating group) is 1. The largest absolute Gasteiger partial charge is 0.497 e. The molecule has 16 heteroatoms. The number of rotatable bonds is 13. The molecule has 1 unspecified atom stereocenters. The standard InChI is InChI=1S/C38H47N11O4S/c1-38(2,3)30-24-54-37(40-30)42-35(51)27-15-18-48-32(21-27)41-34(47-17-7-8-26(22-47)20-33(50)39-16-19-46(4)5)29(36(48)52)13-14-31-43-44-45-49(31)23-25-9-11-28(53-6)12-10-25/h9-15,18,21,24,26H,7-8,16-17,19-20,22-23H2,1-6H3,(H,39,50)(H,40,42,51)/b14-13+. The van der Waals surface area contributed by atoms with Crippen LogP contribution in [0.3, 0.4) is 0 Å². The second kappa shape index (κ2) is 16.7. The Hall–Kier alpha value is -5.48. The van der Waals surface area contributed by atoms with Gasteiger partial charge in [0.1, 0.15) is 17.2 Å². The van der Waals surface area contributed by atoms with E-state index in [1.807, 2.05) is 48.6 Å². The van der Waals surface area contributed by atoms with Crippen molar-refractivity contribution in [3.63, 3.8) is 0 Å². The predicted molar refractivity (Wildman–Crippen MR) is 210 cm³/mol. The summed E-state index contributed by atoms with van der Waals surface area (Å²) in [5.74, 6) is 1.39. The Balaban J connectivity index is 1.31. The van der Waals surface area contributed by atoms with Gasteiger partial charge in [-0.1, -0.05) is 32.9 Å². The summed E-state index contributed by atoms with van der Waals surface area (Å²) >= 11 is 1.37. The number of carbonyl (C=O) groups is 2. The first-order valence-electron chi connectivity index (χ1n) is 18.0. The van der Waals surface area contributed by atoms with Gasteiger partial charge in [-0.15, -0.1) is 16.4 Å². The monoisotopic (exact) mass is 753 g/mol. The van der Waals surface area contributed by atoms with E-state index in [0.717, 1.165) is 36.4 Å². The molecule has 2 N–H and O–H groups in total. The summed E-state index contributed by atoms with van der Waals surface area (Å²) in [7, 11) is 5.56. The van der Waals surface area contributed by atoms with Crippen LogP contribution in [0.4, 0.5) is 10.9 Å². The van der Waals surface area contributed by atoms with Gasteiger partial charge < -0.3 is 19.9 Å². The Morgan fingerprint density at radius 3 is 2.63 bits per heavy atom. The summed E-state index contributed by atoms with van der Waals surface area (Å²) < 4.78 is 8.36. The van der Waals surface area contributed by atoms with E-state index in [-0.39, 0.29) is 28.7 Å². The average Bonchev–Trinajstić information content (AvgIpc) is 3.81. The summed E-state index contributed by atoms with van der Waals surface area (Å²) in [5, 5.41) is 20.6. The van der Waals surface area contributed by atoms with Crippen LogP contribution in [-0.2, 0) is 16.8 Å². The summed E-state index contributed by atoms with van der Waals surface area (Å²) in [6.45, 7) is 9.14. The van der Waals surface area contributed by atoms with E-state index in [1.54, 1.807) is 42.3 Å². The highest BCUT2D eigenvalue weighted by Crippen LogP contribution is 2.28. The van der Waals surface area contributed by atoms with Crippen molar-refractivity contribution in [1.29, 1.82) is 0 Å². The molecule has 0 bridgehead atoms. The Bertz CT molecular complexity index is 2180. The van der Waals surface area contributed by atoms with Crippen LogP contribution in [-0.4, -0.2) is 98.7 Å². The number of nitrogens with one attached hydrogen (secondary N) is 2. The summed E-state index contributed by atoms with van der Waals surface area (Å²) in [4.78, 5) is 54.2. The zero-order chi connectivity index (χ0) is 38.4. The van der Waals surface area contributed by atoms with Gasteiger partial charge in [0.05, 0.1) is 24.9 Å². The first-order valence-corrected chi connectivity index (χ1v) is 18.8. The zero-order valence-electron chi connectivity index (χ0n) is 31.6. The van der Waals surface area contributed by atoms with Gasteiger partial charge in [0.2, 0.25) is 5.91 Å². The Morgan fingerprint density at radius 2 is 1.91 bits per heavy atom. The lowest BCUT2D eigenvalue weighted by atomic mass is 9.93. The smallest absolute Gasteiger partial charge is 0.267 e. The van der Waals surface area contributed by atoms with Crippen molar-refractivity contribution in [3.8, 4) is 5.75 Å². The maximum Gasteiger partial charge on any atom is 0.267 e. The van der Waals surface area contributed by atoms with Gasteiger partial charge in [0.25, 0.3) is 11.5 Å². The molecular formula is C38H47N11O4S. The van der Waals surface area contributed by atoms with E-state index >= 15 is 0 Å². The number of anilines is 2. The van der Waals surface area contributed by atoms with E-state index in [1.165, 1.54) is 15.7 Å². The second-order valence-corrected chi connectivity index (χ2v) is 15.6. The first-order chi connectivity index (χ1) is 25.9. The van der Waals surface area contributed by atoms with E-state index in [0.29, 0.717) is 66.1 Å². The fourth-order valence-electron chi connectivity index (χ4n) is 6.20. The molecule has 1 atom stereocenters. The molecule has 1 aliphatic rings. The minimum Gasteiger partial charge on any atom is -0.497 e. The number of pyridine rings is 1. The number of ether oxygens (including phenoxy) is 1. The number of piperidine rings is 1. The number of methoxy groups -OCH3 is 1. The van der Waals surface area contributed by atoms with Crippen molar-refractivity contribution in [2.75, 3.05) is 57.6 Å². The molecule has 0 radical (unpaired) electrons. The Labute approximate surface area is 318 Å². The number of amides is 2. The van der Waals surface area contributed by atoms with Gasteiger partial charge in [-0.3, -0.25) is 24.1 Å². The third kappa shape index (κ3) is 9.35. The molecule has 0 saturated carbocycles. The summed E-state index contributed by atoms with van der Waals surface area (Å²) in [5.41, 5.74) is 2.40. The third-order valence-corrected chi connectivity index (χ3v) is 9.98. The molecule has 1 aromatic carbocycles. The Kier molecular flexibility index (Phi) is 11.8. The molecule has 284 valence electrons. The van der Waals surface area contributed by atoms with Gasteiger partial charge in [-0.05, 0) is 85.3 Å². The van der Waals surface area contributed by atoms with Gasteiger partial charge in [-0.2, -0.15) is 0 Å². The van der Waals surface area contributed by atoms with Crippen molar-refractivity contribution >= 4 is 51.9 Å². The molecule has 5 aromatic rings. The molecule has 15 nitrogen and oxygen atoms in total. The quantitative estimate of drug-likeness (QED) is 0.177. The molecule has 54 heavy (non-hydrogen) atoms. The van der Waals surface area contributed by atoms with E-state index < -0.39 is 0 Å². The minimum absolute atomic E-state index is 0.00422. The van der Waals surface area contributed by atoms with Crippen LogP contribution in [0.15, 0.2) is 52.8 Å². The van der Waals surface area contributed by atoms with Crippen molar-refractivity contribution in [2.24, 2.45) is 5.92 Å². The molecule has 6 rings (SSSR count). The average molecular weight is 754 g/mol. The number of thiazole rings is 1. The van der Waals surface area contributed by atoms with Crippen LogP contribution in [0.5, 0.6) is 5.75 Å². The van der Waals surface area contributed by atoms with Crippen LogP contribution in [0.25, 0.3) is 17.8 Å². The second-order valence-electron chi connectivity index (χ2n) is 14.7. The van der Waals surface area contributed by atoms with Gasteiger partial charge in [0, 0.05) is 55.2 Å². The Morgan fingerprint density at radius 1 is 1.11 bits per heavy atom. The molecule has 2 amide bonds. The fourth-order valence-corrected chi connectivity index (χ4v) is 7.13. The topological polar surface area (TPSA) is 165 Å². The summed E-state index contributed by atoms with van der Waals surface area (Å²) in [6.07, 6.45) is 7.05. The molecule has 1 fully saturated rings. The lowest BCUT2D eigenvalue weighted by Crippen LogP contribution is -2.40. The maximum absolute atomic E-state index is 14.3. The van der Waals surface area contributed by atoms with Crippen molar-refractivity contribution in [3.05, 3.63) is 86.5 Å². The highest BCUT2D eigenvalue weighted by molar-refractivity contribution is 7.14. The lowest BCUT2D eigenvalue weighted by Gasteiger charge is -2.34. The number of carbonyl (C=O) groups excluding carboxylic acids is 2. The highest BCUT2D eigenvalue weighted by Gasteiger charge is 2.27.